The Morgan fingerprint density at radius 3 is 2.19 bits per heavy atom. The highest BCUT2D eigenvalue weighted by Crippen LogP contribution is 2.33. The van der Waals surface area contributed by atoms with Crippen molar-refractivity contribution in [2.24, 2.45) is 5.14 Å². The molecule has 27 heavy (non-hydrogen) atoms. The Bertz CT molecular complexity index is 1110. The Kier molecular flexibility index (Phi) is 5.79. The van der Waals surface area contributed by atoms with Crippen LogP contribution in [0, 0.1) is 11.6 Å². The van der Waals surface area contributed by atoms with E-state index in [9.17, 15) is 17.2 Å². The average molecular weight is 535 g/mol. The van der Waals surface area contributed by atoms with Gasteiger partial charge in [-0.25, -0.2) is 22.3 Å². The predicted octanol–water partition coefficient (Wildman–Crippen LogP) is 5.24. The molecule has 1 unspecified atom stereocenters. The van der Waals surface area contributed by atoms with Gasteiger partial charge in [0, 0.05) is 19.7 Å². The molecule has 3 nitrogen and oxygen atoms in total. The van der Waals surface area contributed by atoms with E-state index in [-0.39, 0.29) is 11.5 Å². The number of allylic oxidation sites excluding steroid dienone is 4. The summed E-state index contributed by atoms with van der Waals surface area (Å²) in [5, 5.41) is 4.85. The number of hydrogen-bond acceptors (Lipinski definition) is 3. The first-order valence-electron chi connectivity index (χ1n) is 7.49. The second-order valence-electron chi connectivity index (χ2n) is 5.83. The quantitative estimate of drug-likeness (QED) is 0.547. The minimum absolute atomic E-state index is 0.161. The van der Waals surface area contributed by atoms with Crippen molar-refractivity contribution in [1.29, 1.82) is 0 Å². The minimum atomic E-state index is -4.50. The van der Waals surface area contributed by atoms with E-state index in [4.69, 9.17) is 17.4 Å². The van der Waals surface area contributed by atoms with E-state index in [0.29, 0.717) is 10.4 Å². The fraction of sp³-hybridized carbons (Fsp3) is 0.0556. The van der Waals surface area contributed by atoms with Crippen LogP contribution in [-0.4, -0.2) is 13.3 Å². The number of nitrogens with two attached hydrogens (primary N) is 1. The monoisotopic (exact) mass is 533 g/mol. The molecule has 2 aromatic carbocycles. The van der Waals surface area contributed by atoms with Crippen molar-refractivity contribution in [3.63, 3.8) is 0 Å². The molecule has 0 amide bonds. The molecule has 0 fully saturated rings. The summed E-state index contributed by atoms with van der Waals surface area (Å²) in [6, 6.07) is 7.61. The van der Waals surface area contributed by atoms with Gasteiger partial charge >= 0.3 is 0 Å². The normalized spacial score (nSPS) is 17.1. The van der Waals surface area contributed by atoms with Crippen LogP contribution in [0.15, 0.2) is 62.4 Å². The lowest BCUT2D eigenvalue weighted by atomic mass is 9.88. The smallest absolute Gasteiger partial charge is 0.224 e. The van der Waals surface area contributed by atoms with Crippen LogP contribution in [0.4, 0.5) is 8.78 Å². The lowest BCUT2D eigenvalue weighted by molar-refractivity contribution is 0.519. The SMILES string of the molecule is NS(=O)(=O)c1c(F)cc(C2=CC(=S)C(c3ccc(Br)c(Br)c3)C=C2)cc1F. The lowest BCUT2D eigenvalue weighted by Crippen LogP contribution is -2.16. The molecular weight excluding hydrogens is 524 g/mol. The van der Waals surface area contributed by atoms with Gasteiger partial charge < -0.3 is 0 Å². The van der Waals surface area contributed by atoms with Crippen molar-refractivity contribution in [2.45, 2.75) is 10.8 Å². The summed E-state index contributed by atoms with van der Waals surface area (Å²) in [6.07, 6.45) is 5.17. The Morgan fingerprint density at radius 1 is 1.04 bits per heavy atom. The van der Waals surface area contributed by atoms with Crippen LogP contribution in [0.1, 0.15) is 17.0 Å². The molecular formula is C18H11Br2F2NO2S2. The van der Waals surface area contributed by atoms with E-state index in [1.54, 1.807) is 12.2 Å². The van der Waals surface area contributed by atoms with Crippen molar-refractivity contribution >= 4 is 64.5 Å². The van der Waals surface area contributed by atoms with E-state index in [2.05, 4.69) is 31.9 Å². The maximum absolute atomic E-state index is 14.1. The molecule has 0 aromatic heterocycles. The largest absolute Gasteiger partial charge is 0.243 e. The number of rotatable bonds is 3. The Balaban J connectivity index is 1.96. The van der Waals surface area contributed by atoms with Crippen LogP contribution in [0.3, 0.4) is 0 Å². The van der Waals surface area contributed by atoms with Gasteiger partial charge in [-0.15, -0.1) is 0 Å². The second-order valence-corrected chi connectivity index (χ2v) is 9.50. The van der Waals surface area contributed by atoms with Crippen LogP contribution in [-0.2, 0) is 10.0 Å². The average Bonchev–Trinajstić information content (AvgIpc) is 2.55. The number of hydrogen-bond donors (Lipinski definition) is 1. The maximum atomic E-state index is 14.1. The third-order valence-electron chi connectivity index (χ3n) is 3.99. The fourth-order valence-electron chi connectivity index (χ4n) is 2.75. The van der Waals surface area contributed by atoms with Gasteiger partial charge in [-0.2, -0.15) is 0 Å². The summed E-state index contributed by atoms with van der Waals surface area (Å²) in [5.41, 5.74) is 1.61. The van der Waals surface area contributed by atoms with Crippen LogP contribution in [0.2, 0.25) is 0 Å². The molecule has 0 bridgehead atoms. The zero-order valence-corrected chi connectivity index (χ0v) is 18.2. The summed E-state index contributed by atoms with van der Waals surface area (Å²) in [5.74, 6) is -2.65. The third-order valence-corrected chi connectivity index (χ3v) is 7.20. The van der Waals surface area contributed by atoms with Gasteiger partial charge in [0.05, 0.1) is 0 Å². The number of thiocarbonyl (C=S) groups is 1. The van der Waals surface area contributed by atoms with Gasteiger partial charge in [-0.3, -0.25) is 0 Å². The number of halogens is 4. The number of benzene rings is 2. The zero-order chi connectivity index (χ0) is 19.9. The highest BCUT2D eigenvalue weighted by molar-refractivity contribution is 9.13. The van der Waals surface area contributed by atoms with Crippen LogP contribution < -0.4 is 5.14 Å². The fourth-order valence-corrected chi connectivity index (χ4v) is 4.39. The van der Waals surface area contributed by atoms with Crippen LogP contribution in [0.5, 0.6) is 0 Å². The van der Waals surface area contributed by atoms with Gasteiger partial charge in [-0.1, -0.05) is 30.4 Å². The highest BCUT2D eigenvalue weighted by Gasteiger charge is 2.23. The second kappa shape index (κ2) is 7.63. The molecule has 0 heterocycles. The molecule has 2 aromatic rings. The predicted molar refractivity (Wildman–Crippen MR) is 112 cm³/mol. The van der Waals surface area contributed by atoms with Crippen molar-refractivity contribution in [1.82, 2.24) is 0 Å². The molecule has 2 N–H and O–H groups in total. The molecule has 1 aliphatic carbocycles. The molecule has 1 aliphatic rings. The molecule has 9 heteroatoms. The maximum Gasteiger partial charge on any atom is 0.243 e. The summed E-state index contributed by atoms with van der Waals surface area (Å²) in [7, 11) is -4.50. The van der Waals surface area contributed by atoms with Crippen LogP contribution >= 0.6 is 44.1 Å². The Labute approximate surface area is 177 Å². The van der Waals surface area contributed by atoms with E-state index in [1.165, 1.54) is 0 Å². The van der Waals surface area contributed by atoms with Crippen molar-refractivity contribution in [3.05, 3.63) is 80.3 Å². The van der Waals surface area contributed by atoms with Gasteiger partial charge in [-0.05, 0) is 78.9 Å². The van der Waals surface area contributed by atoms with Gasteiger partial charge in [0.1, 0.15) is 11.6 Å². The molecule has 3 rings (SSSR count). The summed E-state index contributed by atoms with van der Waals surface area (Å²) >= 11 is 12.3. The third kappa shape index (κ3) is 4.27. The molecule has 1 atom stereocenters. The molecule has 0 saturated heterocycles. The minimum Gasteiger partial charge on any atom is -0.224 e. The van der Waals surface area contributed by atoms with E-state index in [1.807, 2.05) is 24.3 Å². The van der Waals surface area contributed by atoms with Gasteiger partial charge in [0.2, 0.25) is 10.0 Å². The van der Waals surface area contributed by atoms with Gasteiger partial charge in [0.25, 0.3) is 0 Å². The summed E-state index contributed by atoms with van der Waals surface area (Å²) in [6.45, 7) is 0. The molecule has 0 aliphatic heterocycles. The van der Waals surface area contributed by atoms with Crippen molar-refractivity contribution < 1.29 is 17.2 Å². The Hall–Kier alpha value is -1.26. The lowest BCUT2D eigenvalue weighted by Gasteiger charge is -2.19. The molecule has 140 valence electrons. The first-order chi connectivity index (χ1) is 12.6. The summed E-state index contributed by atoms with van der Waals surface area (Å²) < 4.78 is 52.6. The first kappa shape index (κ1) is 20.5. The topological polar surface area (TPSA) is 60.2 Å². The zero-order valence-electron chi connectivity index (χ0n) is 13.4. The Morgan fingerprint density at radius 2 is 1.67 bits per heavy atom. The molecule has 0 saturated carbocycles. The van der Waals surface area contributed by atoms with Gasteiger partial charge in [0.15, 0.2) is 4.90 Å². The number of sulfonamides is 1. The molecule has 0 spiro atoms. The standard InChI is InChI=1S/C18H11Br2F2NO2S2/c19-13-4-2-10(5-14(13)20)12-3-1-9(8-17(12)26)11-6-15(21)18(16(22)7-11)27(23,24)25/h1-8,12H,(H2,23,24,25). The van der Waals surface area contributed by atoms with Crippen molar-refractivity contribution in [3.8, 4) is 0 Å². The highest BCUT2D eigenvalue weighted by atomic mass is 79.9. The van der Waals surface area contributed by atoms with Crippen LogP contribution in [0.25, 0.3) is 5.57 Å². The van der Waals surface area contributed by atoms with Crippen molar-refractivity contribution in [2.75, 3.05) is 0 Å². The number of primary sulfonamides is 1. The van der Waals surface area contributed by atoms with E-state index < -0.39 is 26.6 Å². The molecule has 0 radical (unpaired) electrons. The van der Waals surface area contributed by atoms with E-state index in [0.717, 1.165) is 26.6 Å². The summed E-state index contributed by atoms with van der Waals surface area (Å²) in [4.78, 5) is -0.579. The van der Waals surface area contributed by atoms with E-state index >= 15 is 0 Å². The first-order valence-corrected chi connectivity index (χ1v) is 11.0.